The molecule has 5 heteroatoms. The van der Waals surface area contributed by atoms with Crippen molar-refractivity contribution in [2.24, 2.45) is 5.73 Å². The van der Waals surface area contributed by atoms with Crippen LogP contribution < -0.4 is 8.80 Å². The van der Waals surface area contributed by atoms with E-state index in [9.17, 15) is 4.79 Å². The van der Waals surface area contributed by atoms with Gasteiger partial charge in [0.1, 0.15) is 5.75 Å². The third-order valence-electron chi connectivity index (χ3n) is 2.12. The zero-order chi connectivity index (χ0) is 11.3. The fraction of sp³-hybridized carbons (Fsp3) is 0.300. The first kappa shape index (κ1) is 12.3. The smallest absolute Gasteiger partial charge is 0.311 e. The van der Waals surface area contributed by atoms with E-state index in [0.717, 1.165) is 5.56 Å². The molecule has 3 N–H and O–H groups in total. The zero-order valence-electron chi connectivity index (χ0n) is 8.02. The highest BCUT2D eigenvalue weighted by atomic mass is 127. The molecular weight excluding hydrogens is 309 g/mol. The summed E-state index contributed by atoms with van der Waals surface area (Å²) < 4.78 is 4.97. The number of nitrogens with two attached hydrogens (primary N) is 1. The molecule has 0 saturated heterocycles. The monoisotopic (exact) mass is 321 g/mol. The molecule has 1 rings (SSSR count). The summed E-state index contributed by atoms with van der Waals surface area (Å²) in [5.41, 5.74) is 6.13. The van der Waals surface area contributed by atoms with E-state index in [4.69, 9.17) is 13.9 Å². The van der Waals surface area contributed by atoms with Crippen molar-refractivity contribution in [3.63, 3.8) is 0 Å². The molecule has 1 aromatic rings. The van der Waals surface area contributed by atoms with Crippen LogP contribution in [-0.2, 0) is 4.79 Å². The predicted octanol–water partition coefficient (Wildman–Crippen LogP) is 1.93. The molecule has 82 valence electrons. The van der Waals surface area contributed by atoms with E-state index in [1.807, 2.05) is 0 Å². The van der Waals surface area contributed by atoms with Gasteiger partial charge in [-0.3, -0.25) is 4.79 Å². The molecule has 0 aromatic heterocycles. The summed E-state index contributed by atoms with van der Waals surface area (Å²) in [6.45, 7) is 0.363. The maximum Gasteiger partial charge on any atom is 0.311 e. The zero-order valence-corrected chi connectivity index (χ0v) is 10.2. The van der Waals surface area contributed by atoms with Crippen molar-refractivity contribution < 1.29 is 13.0 Å². The Morgan fingerprint density at radius 3 is 2.47 bits per heavy atom. The number of carbonyl (C=O) groups is 1. The van der Waals surface area contributed by atoms with Crippen LogP contribution in [0, 0.1) is 0 Å². The molecule has 0 radical (unpaired) electrons. The molecule has 1 aromatic carbocycles. The lowest BCUT2D eigenvalue weighted by atomic mass is 9.96. The summed E-state index contributed by atoms with van der Waals surface area (Å²) >= 11 is 1.78. The first-order valence-corrected chi connectivity index (χ1v) is 5.38. The highest BCUT2D eigenvalue weighted by Gasteiger charge is 2.18. The molecule has 1 unspecified atom stereocenters. The van der Waals surface area contributed by atoms with Gasteiger partial charge < -0.3 is 13.9 Å². The van der Waals surface area contributed by atoms with Crippen LogP contribution in [0.3, 0.4) is 0 Å². The summed E-state index contributed by atoms with van der Waals surface area (Å²) in [7, 11) is 0. The quantitative estimate of drug-likeness (QED) is 0.813. The standard InChI is InChI=1S/C10H12INO3/c11-15-8-3-1-7(2-4-8)9(5-6-12)10(13)14/h1-4,9H,5-6,12H2,(H,13,14). The molecule has 0 aliphatic carbocycles. The maximum atomic E-state index is 11.0. The third kappa shape index (κ3) is 3.35. The summed E-state index contributed by atoms with van der Waals surface area (Å²) in [5, 5.41) is 9.00. The van der Waals surface area contributed by atoms with Crippen molar-refractivity contribution in [1.29, 1.82) is 0 Å². The minimum atomic E-state index is -0.844. The minimum absolute atomic E-state index is 0.363. The van der Waals surface area contributed by atoms with Crippen molar-refractivity contribution in [2.45, 2.75) is 12.3 Å². The van der Waals surface area contributed by atoms with E-state index in [1.165, 1.54) is 0 Å². The van der Waals surface area contributed by atoms with Crippen molar-refractivity contribution in [2.75, 3.05) is 6.54 Å². The molecule has 0 heterocycles. The molecule has 0 spiro atoms. The lowest BCUT2D eigenvalue weighted by Crippen LogP contribution is -2.15. The van der Waals surface area contributed by atoms with Crippen LogP contribution in [0.2, 0.25) is 0 Å². The highest BCUT2D eigenvalue weighted by molar-refractivity contribution is 14.1. The SMILES string of the molecule is NCCC(C(=O)O)c1ccc(OI)cc1. The molecule has 1 atom stereocenters. The molecule has 0 aliphatic heterocycles. The largest absolute Gasteiger partial charge is 0.481 e. The number of hydrogen-bond acceptors (Lipinski definition) is 3. The lowest BCUT2D eigenvalue weighted by molar-refractivity contribution is -0.138. The Labute approximate surface area is 102 Å². The van der Waals surface area contributed by atoms with Crippen molar-refractivity contribution in [3.8, 4) is 5.75 Å². The van der Waals surface area contributed by atoms with Gasteiger partial charge in [0.2, 0.25) is 0 Å². The van der Waals surface area contributed by atoms with Gasteiger partial charge in [0.25, 0.3) is 0 Å². The summed E-state index contributed by atoms with van der Waals surface area (Å²) in [6, 6.07) is 6.99. The van der Waals surface area contributed by atoms with E-state index >= 15 is 0 Å². The maximum absolute atomic E-state index is 11.0. The Hall–Kier alpha value is -0.820. The van der Waals surface area contributed by atoms with Gasteiger partial charge in [0.05, 0.1) is 5.92 Å². The van der Waals surface area contributed by atoms with Crippen molar-refractivity contribution in [1.82, 2.24) is 0 Å². The second-order valence-corrected chi connectivity index (χ2v) is 3.55. The Bertz CT molecular complexity index is 326. The molecular formula is C10H12INO3. The fourth-order valence-corrected chi connectivity index (χ4v) is 1.64. The predicted molar refractivity (Wildman–Crippen MR) is 65.1 cm³/mol. The number of benzene rings is 1. The molecule has 0 aliphatic rings. The van der Waals surface area contributed by atoms with E-state index in [2.05, 4.69) is 0 Å². The molecule has 0 fully saturated rings. The molecule has 0 amide bonds. The van der Waals surface area contributed by atoms with E-state index in [0.29, 0.717) is 18.7 Å². The minimum Gasteiger partial charge on any atom is -0.481 e. The number of halogens is 1. The van der Waals surface area contributed by atoms with Crippen molar-refractivity contribution >= 4 is 29.0 Å². The van der Waals surface area contributed by atoms with Gasteiger partial charge in [-0.2, -0.15) is 0 Å². The number of aliphatic carboxylic acids is 1. The van der Waals surface area contributed by atoms with Gasteiger partial charge in [-0.1, -0.05) is 12.1 Å². The normalized spacial score (nSPS) is 12.1. The Balaban J connectivity index is 2.86. The average molecular weight is 321 g/mol. The van der Waals surface area contributed by atoms with Gasteiger partial charge >= 0.3 is 5.97 Å². The van der Waals surface area contributed by atoms with Gasteiger partial charge in [-0.25, -0.2) is 0 Å². The van der Waals surface area contributed by atoms with E-state index in [-0.39, 0.29) is 0 Å². The lowest BCUT2D eigenvalue weighted by Gasteiger charge is -2.11. The number of carboxylic acid groups (broad SMARTS) is 1. The number of carboxylic acids is 1. The third-order valence-corrected chi connectivity index (χ3v) is 2.63. The summed E-state index contributed by atoms with van der Waals surface area (Å²) in [4.78, 5) is 11.0. The molecule has 15 heavy (non-hydrogen) atoms. The Morgan fingerprint density at radius 1 is 1.47 bits per heavy atom. The molecule has 4 nitrogen and oxygen atoms in total. The number of hydrogen-bond donors (Lipinski definition) is 2. The van der Waals surface area contributed by atoms with Crippen LogP contribution >= 0.6 is 23.0 Å². The topological polar surface area (TPSA) is 72.6 Å². The van der Waals surface area contributed by atoms with Crippen LogP contribution in [0.25, 0.3) is 0 Å². The molecule has 0 bridgehead atoms. The van der Waals surface area contributed by atoms with Gasteiger partial charge in [-0.05, 0) is 30.7 Å². The van der Waals surface area contributed by atoms with Crippen LogP contribution in [0.15, 0.2) is 24.3 Å². The number of rotatable bonds is 5. The Kier molecular flexibility index (Phi) is 4.83. The summed E-state index contributed by atoms with van der Waals surface area (Å²) in [5.74, 6) is -0.668. The van der Waals surface area contributed by atoms with Gasteiger partial charge in [0, 0.05) is 0 Å². The first-order valence-electron chi connectivity index (χ1n) is 4.50. The van der Waals surface area contributed by atoms with E-state index < -0.39 is 11.9 Å². The Morgan fingerprint density at radius 2 is 2.07 bits per heavy atom. The second kappa shape index (κ2) is 5.92. The summed E-state index contributed by atoms with van der Waals surface area (Å²) in [6.07, 6.45) is 0.444. The van der Waals surface area contributed by atoms with Crippen molar-refractivity contribution in [3.05, 3.63) is 29.8 Å². The van der Waals surface area contributed by atoms with Crippen LogP contribution in [0.1, 0.15) is 17.9 Å². The van der Waals surface area contributed by atoms with Crippen LogP contribution in [-0.4, -0.2) is 17.6 Å². The first-order chi connectivity index (χ1) is 7.19. The van der Waals surface area contributed by atoms with Crippen LogP contribution in [0.4, 0.5) is 0 Å². The van der Waals surface area contributed by atoms with Crippen LogP contribution in [0.5, 0.6) is 5.75 Å². The molecule has 0 saturated carbocycles. The fourth-order valence-electron chi connectivity index (χ4n) is 1.35. The van der Waals surface area contributed by atoms with Gasteiger partial charge in [0.15, 0.2) is 23.0 Å². The highest BCUT2D eigenvalue weighted by Crippen LogP contribution is 2.23. The average Bonchev–Trinajstić information content (AvgIpc) is 2.26. The van der Waals surface area contributed by atoms with Gasteiger partial charge in [-0.15, -0.1) is 0 Å². The second-order valence-electron chi connectivity index (χ2n) is 3.11. The van der Waals surface area contributed by atoms with E-state index in [1.54, 1.807) is 47.3 Å².